The highest BCUT2D eigenvalue weighted by Gasteiger charge is 2.18. The molecule has 0 bridgehead atoms. The monoisotopic (exact) mass is 392 g/mol. The summed E-state index contributed by atoms with van der Waals surface area (Å²) in [7, 11) is 1.60. The molecule has 0 atom stereocenters. The zero-order valence-electron chi connectivity index (χ0n) is 14.8. The van der Waals surface area contributed by atoms with Crippen LogP contribution in [-0.4, -0.2) is 31.6 Å². The molecule has 1 aromatic carbocycles. The number of aryl methyl sites for hydroxylation is 1. The molecule has 3 aromatic heterocycles. The number of ether oxygens (including phenoxy) is 1. The third-order valence-corrected chi connectivity index (χ3v) is 5.10. The van der Waals surface area contributed by atoms with Crippen molar-refractivity contribution in [2.75, 3.05) is 7.11 Å². The Morgan fingerprint density at radius 1 is 1.25 bits per heavy atom. The molecule has 0 saturated carbocycles. The molecule has 0 fully saturated rings. The van der Waals surface area contributed by atoms with Crippen molar-refractivity contribution >= 4 is 34.0 Å². The summed E-state index contributed by atoms with van der Waals surface area (Å²) in [5.74, 6) is 0.698. The Bertz CT molecular complexity index is 1290. The summed E-state index contributed by atoms with van der Waals surface area (Å²) < 4.78 is 7.20. The molecule has 0 aliphatic rings. The van der Waals surface area contributed by atoms with Gasteiger partial charge < -0.3 is 4.74 Å². The van der Waals surface area contributed by atoms with Gasteiger partial charge in [-0.05, 0) is 48.5 Å². The van der Waals surface area contributed by atoms with Gasteiger partial charge in [0.15, 0.2) is 5.65 Å². The Morgan fingerprint density at radius 2 is 2.07 bits per heavy atom. The first-order chi connectivity index (χ1) is 13.5. The molecule has 10 heteroatoms. The number of methoxy groups -OCH3 is 1. The number of pyridine rings is 2. The lowest BCUT2D eigenvalue weighted by molar-refractivity contribution is -0.385. The predicted molar refractivity (Wildman–Crippen MR) is 102 cm³/mol. The van der Waals surface area contributed by atoms with Gasteiger partial charge in [-0.3, -0.25) is 14.5 Å². The van der Waals surface area contributed by atoms with Crippen LogP contribution in [0.15, 0.2) is 46.6 Å². The highest BCUT2D eigenvalue weighted by molar-refractivity contribution is 7.99. The molecule has 9 nitrogen and oxygen atoms in total. The van der Waals surface area contributed by atoms with Crippen molar-refractivity contribution in [3.05, 3.63) is 57.8 Å². The number of nitrogens with zero attached hydrogens (tertiary/aromatic N) is 6. The van der Waals surface area contributed by atoms with E-state index in [1.807, 2.05) is 35.6 Å². The summed E-state index contributed by atoms with van der Waals surface area (Å²) in [6.07, 6.45) is 0. The number of benzene rings is 1. The zero-order valence-corrected chi connectivity index (χ0v) is 15.6. The van der Waals surface area contributed by atoms with E-state index < -0.39 is 4.92 Å². The van der Waals surface area contributed by atoms with E-state index >= 15 is 0 Å². The van der Waals surface area contributed by atoms with Crippen LogP contribution in [0.2, 0.25) is 0 Å². The summed E-state index contributed by atoms with van der Waals surface area (Å²) in [5.41, 5.74) is 2.00. The third kappa shape index (κ3) is 2.87. The molecule has 0 N–H and O–H groups in total. The Labute approximate surface area is 162 Å². The normalized spacial score (nSPS) is 10.9. The molecule has 3 heterocycles. The van der Waals surface area contributed by atoms with Crippen LogP contribution in [0.25, 0.3) is 16.6 Å². The maximum atomic E-state index is 11.0. The van der Waals surface area contributed by atoms with Crippen LogP contribution in [0.5, 0.6) is 5.75 Å². The van der Waals surface area contributed by atoms with E-state index in [0.29, 0.717) is 21.6 Å². The fourth-order valence-electron chi connectivity index (χ4n) is 2.91. The minimum absolute atomic E-state index is 0.244. The topological polar surface area (TPSA) is 119 Å². The van der Waals surface area contributed by atoms with Gasteiger partial charge in [-0.2, -0.15) is 5.26 Å². The van der Waals surface area contributed by atoms with E-state index in [-0.39, 0.29) is 11.4 Å². The predicted octanol–water partition coefficient (Wildman–Crippen LogP) is 3.53. The lowest BCUT2D eigenvalue weighted by atomic mass is 10.1. The third-order valence-electron chi connectivity index (χ3n) is 4.22. The molecule has 0 amide bonds. The summed E-state index contributed by atoms with van der Waals surface area (Å²) in [6.45, 7) is 1.99. The SMILES string of the molecule is COc1ccc2c(C)cc3nnc(Sc4ccc([N+](=O)[O-])c(C#N)n4)n3c2c1. The van der Waals surface area contributed by atoms with Crippen molar-refractivity contribution < 1.29 is 9.66 Å². The van der Waals surface area contributed by atoms with Crippen LogP contribution in [0.3, 0.4) is 0 Å². The first kappa shape index (κ1) is 17.7. The lowest BCUT2D eigenvalue weighted by Crippen LogP contribution is -1.97. The van der Waals surface area contributed by atoms with Crippen LogP contribution < -0.4 is 4.74 Å². The molecular formula is C18H12N6O3S. The van der Waals surface area contributed by atoms with Crippen molar-refractivity contribution in [1.82, 2.24) is 19.6 Å². The van der Waals surface area contributed by atoms with Crippen molar-refractivity contribution in [2.24, 2.45) is 0 Å². The van der Waals surface area contributed by atoms with Crippen molar-refractivity contribution in [2.45, 2.75) is 17.1 Å². The Morgan fingerprint density at radius 3 is 2.79 bits per heavy atom. The molecule has 0 aliphatic carbocycles. The molecule has 138 valence electrons. The summed E-state index contributed by atoms with van der Waals surface area (Å²) >= 11 is 1.17. The standard InChI is InChI=1S/C18H12N6O3S/c1-10-7-16-21-22-18(23(16)15-8-11(27-2)3-4-12(10)15)28-17-6-5-14(24(25)26)13(9-19)20-17/h3-8H,1-2H3. The van der Waals surface area contributed by atoms with Gasteiger partial charge in [-0.25, -0.2) is 4.98 Å². The van der Waals surface area contributed by atoms with Gasteiger partial charge in [0.05, 0.1) is 17.5 Å². The van der Waals surface area contributed by atoms with Crippen LogP contribution in [0, 0.1) is 28.4 Å². The van der Waals surface area contributed by atoms with Crippen LogP contribution in [0.1, 0.15) is 11.3 Å². The van der Waals surface area contributed by atoms with Gasteiger partial charge in [0.2, 0.25) is 10.9 Å². The highest BCUT2D eigenvalue weighted by atomic mass is 32.2. The number of nitro groups is 1. The van der Waals surface area contributed by atoms with E-state index in [2.05, 4.69) is 15.2 Å². The molecule has 0 radical (unpaired) electrons. The molecule has 4 rings (SSSR count). The second kappa shape index (κ2) is 6.79. The fourth-order valence-corrected chi connectivity index (χ4v) is 3.73. The van der Waals surface area contributed by atoms with E-state index in [0.717, 1.165) is 16.5 Å². The molecule has 0 saturated heterocycles. The lowest BCUT2D eigenvalue weighted by Gasteiger charge is -2.09. The molecule has 4 aromatic rings. The van der Waals surface area contributed by atoms with Gasteiger partial charge in [0.25, 0.3) is 0 Å². The van der Waals surface area contributed by atoms with Crippen LogP contribution in [-0.2, 0) is 0 Å². The maximum absolute atomic E-state index is 11.0. The van der Waals surface area contributed by atoms with E-state index in [1.54, 1.807) is 13.2 Å². The number of nitriles is 1. The molecular weight excluding hydrogens is 380 g/mol. The molecule has 0 unspecified atom stereocenters. The van der Waals surface area contributed by atoms with Crippen LogP contribution in [0.4, 0.5) is 5.69 Å². The summed E-state index contributed by atoms with van der Waals surface area (Å²) in [5, 5.41) is 30.5. The average Bonchev–Trinajstić information content (AvgIpc) is 3.09. The van der Waals surface area contributed by atoms with Gasteiger partial charge in [0.1, 0.15) is 16.8 Å². The highest BCUT2D eigenvalue weighted by Crippen LogP contribution is 2.32. The number of hydrogen-bond acceptors (Lipinski definition) is 8. The molecule has 28 heavy (non-hydrogen) atoms. The Kier molecular flexibility index (Phi) is 4.29. The average molecular weight is 392 g/mol. The van der Waals surface area contributed by atoms with E-state index in [1.165, 1.54) is 23.9 Å². The van der Waals surface area contributed by atoms with E-state index in [9.17, 15) is 10.1 Å². The summed E-state index contributed by atoms with van der Waals surface area (Å²) in [4.78, 5) is 14.4. The van der Waals surface area contributed by atoms with Gasteiger partial charge >= 0.3 is 5.69 Å². The number of fused-ring (bicyclic) bond motifs is 3. The second-order valence-corrected chi connectivity index (χ2v) is 6.86. The largest absolute Gasteiger partial charge is 0.497 e. The van der Waals surface area contributed by atoms with Crippen LogP contribution >= 0.6 is 11.8 Å². The smallest absolute Gasteiger partial charge is 0.305 e. The number of aromatic nitrogens is 4. The Balaban J connectivity index is 1.87. The van der Waals surface area contributed by atoms with Crippen molar-refractivity contribution in [1.29, 1.82) is 5.26 Å². The number of hydrogen-bond donors (Lipinski definition) is 0. The number of rotatable bonds is 4. The fraction of sp³-hybridized carbons (Fsp3) is 0.111. The first-order valence-corrected chi connectivity index (χ1v) is 8.89. The van der Waals surface area contributed by atoms with Crippen molar-refractivity contribution in [3.63, 3.8) is 0 Å². The summed E-state index contributed by atoms with van der Waals surface area (Å²) in [6, 6.07) is 12.2. The minimum atomic E-state index is -0.630. The molecule has 0 aliphatic heterocycles. The van der Waals surface area contributed by atoms with Crippen molar-refractivity contribution in [3.8, 4) is 11.8 Å². The van der Waals surface area contributed by atoms with E-state index in [4.69, 9.17) is 10.00 Å². The Hall–Kier alpha value is -3.71. The molecule has 0 spiro atoms. The van der Waals surface area contributed by atoms with Gasteiger partial charge in [-0.1, -0.05) is 0 Å². The maximum Gasteiger partial charge on any atom is 0.305 e. The first-order valence-electron chi connectivity index (χ1n) is 8.07. The quantitative estimate of drug-likeness (QED) is 0.382. The second-order valence-electron chi connectivity index (χ2n) is 5.87. The van der Waals surface area contributed by atoms with Gasteiger partial charge in [-0.15, -0.1) is 10.2 Å². The van der Waals surface area contributed by atoms with Gasteiger partial charge in [0, 0.05) is 17.5 Å². The minimum Gasteiger partial charge on any atom is -0.497 e. The zero-order chi connectivity index (χ0) is 19.8.